The maximum absolute atomic E-state index is 6.47. The number of rotatable bonds is 0. The summed E-state index contributed by atoms with van der Waals surface area (Å²) in [6, 6.07) is 8.22. The van der Waals surface area contributed by atoms with Crippen LogP contribution in [0.3, 0.4) is 0 Å². The molecule has 0 aromatic heterocycles. The van der Waals surface area contributed by atoms with Gasteiger partial charge in [0.15, 0.2) is 0 Å². The van der Waals surface area contributed by atoms with Crippen LogP contribution >= 0.6 is 0 Å². The maximum Gasteiger partial charge on any atom is 0.410 e. The smallest absolute Gasteiger partial charge is 0.410 e. The van der Waals surface area contributed by atoms with Crippen molar-refractivity contribution in [3.63, 3.8) is 0 Å². The molecule has 3 heteroatoms. The minimum Gasteiger partial charge on any atom is -0.519 e. The Hall–Kier alpha value is -0.803. The fourth-order valence-corrected chi connectivity index (χ4v) is 7.61. The van der Waals surface area contributed by atoms with Crippen molar-refractivity contribution in [1.82, 2.24) is 0 Å². The minimum atomic E-state index is -2.34. The number of hydrogen-bond acceptors (Lipinski definition) is 2. The monoisotopic (exact) mass is 264 g/mol. The first-order valence-corrected chi connectivity index (χ1v) is 8.40. The molecule has 0 saturated carbocycles. The minimum absolute atomic E-state index is 0.0405. The second-order valence-corrected chi connectivity index (χ2v) is 11.8. The number of para-hydroxylation sites is 1. The first-order valence-electron chi connectivity index (χ1n) is 6.58. The SMILES string of the molecule is CC(C)(C)[Si]1(C(C)(C)C)OCc2ccccc2O1. The van der Waals surface area contributed by atoms with Crippen LogP contribution < -0.4 is 4.43 Å². The highest BCUT2D eigenvalue weighted by Crippen LogP contribution is 2.54. The van der Waals surface area contributed by atoms with Crippen LogP contribution in [0.1, 0.15) is 47.1 Å². The zero-order valence-corrected chi connectivity index (χ0v) is 13.3. The molecule has 100 valence electrons. The summed E-state index contributed by atoms with van der Waals surface area (Å²) in [7, 11) is -2.34. The van der Waals surface area contributed by atoms with Gasteiger partial charge >= 0.3 is 8.56 Å². The number of fused-ring (bicyclic) bond motifs is 1. The topological polar surface area (TPSA) is 18.5 Å². The Balaban J connectivity index is 2.49. The average molecular weight is 264 g/mol. The van der Waals surface area contributed by atoms with Gasteiger partial charge in [0.1, 0.15) is 5.75 Å². The van der Waals surface area contributed by atoms with Gasteiger partial charge in [0, 0.05) is 15.6 Å². The first-order chi connectivity index (χ1) is 8.17. The molecular formula is C15H24O2Si. The second-order valence-electron chi connectivity index (χ2n) is 7.12. The molecule has 1 aromatic carbocycles. The summed E-state index contributed by atoms with van der Waals surface area (Å²) >= 11 is 0. The van der Waals surface area contributed by atoms with E-state index in [4.69, 9.17) is 8.85 Å². The van der Waals surface area contributed by atoms with E-state index in [9.17, 15) is 0 Å². The molecule has 1 aliphatic rings. The van der Waals surface area contributed by atoms with E-state index in [0.29, 0.717) is 6.61 Å². The zero-order valence-electron chi connectivity index (χ0n) is 12.3. The summed E-state index contributed by atoms with van der Waals surface area (Å²) < 4.78 is 12.8. The molecule has 2 rings (SSSR count). The average Bonchev–Trinajstić information content (AvgIpc) is 2.25. The van der Waals surface area contributed by atoms with Gasteiger partial charge in [-0.1, -0.05) is 59.7 Å². The molecule has 0 radical (unpaired) electrons. The quantitative estimate of drug-likeness (QED) is 0.636. The van der Waals surface area contributed by atoms with Crippen LogP contribution in [0.2, 0.25) is 10.1 Å². The molecule has 2 nitrogen and oxygen atoms in total. The van der Waals surface area contributed by atoms with Gasteiger partial charge < -0.3 is 8.85 Å². The Bertz CT molecular complexity index is 427. The normalized spacial score (nSPS) is 19.0. The van der Waals surface area contributed by atoms with E-state index < -0.39 is 8.56 Å². The Morgan fingerprint density at radius 2 is 1.50 bits per heavy atom. The van der Waals surface area contributed by atoms with Crippen LogP contribution in [-0.2, 0) is 11.0 Å². The molecule has 0 saturated heterocycles. The summed E-state index contributed by atoms with van der Waals surface area (Å²) in [6.07, 6.45) is 0. The van der Waals surface area contributed by atoms with Crippen molar-refractivity contribution >= 4 is 8.56 Å². The van der Waals surface area contributed by atoms with Crippen molar-refractivity contribution in [1.29, 1.82) is 0 Å². The van der Waals surface area contributed by atoms with E-state index in [-0.39, 0.29) is 10.1 Å². The molecule has 1 aliphatic heterocycles. The Morgan fingerprint density at radius 1 is 0.944 bits per heavy atom. The highest BCUT2D eigenvalue weighted by Gasteiger charge is 2.61. The van der Waals surface area contributed by atoms with Crippen LogP contribution in [0.4, 0.5) is 0 Å². The molecule has 0 unspecified atom stereocenters. The zero-order chi connectivity index (χ0) is 13.6. The lowest BCUT2D eigenvalue weighted by atomic mass is 10.2. The second kappa shape index (κ2) is 4.10. The molecule has 0 N–H and O–H groups in total. The van der Waals surface area contributed by atoms with Crippen LogP contribution in [-0.4, -0.2) is 8.56 Å². The van der Waals surface area contributed by atoms with Crippen LogP contribution in [0, 0.1) is 0 Å². The van der Waals surface area contributed by atoms with Gasteiger partial charge in [0.25, 0.3) is 0 Å². The van der Waals surface area contributed by atoms with Crippen molar-refractivity contribution in [3.8, 4) is 5.75 Å². The molecule has 0 fully saturated rings. The van der Waals surface area contributed by atoms with Gasteiger partial charge in [-0.2, -0.15) is 0 Å². The fraction of sp³-hybridized carbons (Fsp3) is 0.600. The number of benzene rings is 1. The van der Waals surface area contributed by atoms with Crippen LogP contribution in [0.25, 0.3) is 0 Å². The molecular weight excluding hydrogens is 240 g/mol. The van der Waals surface area contributed by atoms with Crippen molar-refractivity contribution in [2.45, 2.75) is 58.2 Å². The lowest BCUT2D eigenvalue weighted by molar-refractivity contribution is 0.156. The van der Waals surface area contributed by atoms with Gasteiger partial charge in [-0.15, -0.1) is 0 Å². The third kappa shape index (κ3) is 1.99. The van der Waals surface area contributed by atoms with Crippen molar-refractivity contribution in [3.05, 3.63) is 29.8 Å². The lowest BCUT2D eigenvalue weighted by Crippen LogP contribution is -2.61. The van der Waals surface area contributed by atoms with Crippen molar-refractivity contribution < 1.29 is 8.85 Å². The van der Waals surface area contributed by atoms with E-state index in [1.807, 2.05) is 12.1 Å². The Kier molecular flexibility index (Phi) is 3.11. The highest BCUT2D eigenvalue weighted by molar-refractivity contribution is 6.74. The summed E-state index contributed by atoms with van der Waals surface area (Å²) in [5.74, 6) is 1.01. The largest absolute Gasteiger partial charge is 0.519 e. The van der Waals surface area contributed by atoms with E-state index in [2.05, 4.69) is 53.7 Å². The summed E-state index contributed by atoms with van der Waals surface area (Å²) in [4.78, 5) is 0. The highest BCUT2D eigenvalue weighted by atomic mass is 28.4. The summed E-state index contributed by atoms with van der Waals surface area (Å²) in [6.45, 7) is 14.1. The van der Waals surface area contributed by atoms with Gasteiger partial charge in [0.2, 0.25) is 0 Å². The maximum atomic E-state index is 6.47. The summed E-state index contributed by atoms with van der Waals surface area (Å²) in [5.41, 5.74) is 1.16. The molecule has 0 amide bonds. The molecule has 0 bridgehead atoms. The fourth-order valence-electron chi connectivity index (χ4n) is 2.95. The van der Waals surface area contributed by atoms with E-state index in [0.717, 1.165) is 11.3 Å². The van der Waals surface area contributed by atoms with E-state index >= 15 is 0 Å². The summed E-state index contributed by atoms with van der Waals surface area (Å²) in [5, 5.41) is 0.0809. The lowest BCUT2D eigenvalue weighted by Gasteiger charge is -2.50. The standard InChI is InChI=1S/C15H24O2Si/c1-14(2,3)18(15(4,5)6)16-11-12-9-7-8-10-13(12)17-18/h7-10H,11H2,1-6H3. The van der Waals surface area contributed by atoms with Gasteiger partial charge in [-0.25, -0.2) is 0 Å². The molecule has 1 aromatic rings. The Morgan fingerprint density at radius 3 is 2.06 bits per heavy atom. The van der Waals surface area contributed by atoms with Crippen molar-refractivity contribution in [2.75, 3.05) is 0 Å². The molecule has 0 atom stereocenters. The van der Waals surface area contributed by atoms with Gasteiger partial charge in [-0.3, -0.25) is 0 Å². The molecule has 0 aliphatic carbocycles. The third-order valence-corrected chi connectivity index (χ3v) is 8.64. The van der Waals surface area contributed by atoms with E-state index in [1.165, 1.54) is 0 Å². The Labute approximate surface area is 112 Å². The molecule has 1 heterocycles. The number of hydrogen-bond donors (Lipinski definition) is 0. The van der Waals surface area contributed by atoms with Gasteiger partial charge in [-0.05, 0) is 6.07 Å². The van der Waals surface area contributed by atoms with Crippen LogP contribution in [0.15, 0.2) is 24.3 Å². The van der Waals surface area contributed by atoms with Crippen LogP contribution in [0.5, 0.6) is 5.75 Å². The van der Waals surface area contributed by atoms with E-state index in [1.54, 1.807) is 0 Å². The van der Waals surface area contributed by atoms with Gasteiger partial charge in [0.05, 0.1) is 6.61 Å². The predicted molar refractivity (Wildman–Crippen MR) is 77.0 cm³/mol. The molecule has 18 heavy (non-hydrogen) atoms. The first kappa shape index (κ1) is 13.6. The predicted octanol–water partition coefficient (Wildman–Crippen LogP) is 4.64. The molecule has 0 spiro atoms. The third-order valence-electron chi connectivity index (χ3n) is 3.63. The van der Waals surface area contributed by atoms with Crippen molar-refractivity contribution in [2.24, 2.45) is 0 Å².